The van der Waals surface area contributed by atoms with E-state index < -0.39 is 0 Å². The van der Waals surface area contributed by atoms with E-state index in [1.54, 1.807) is 36.5 Å². The van der Waals surface area contributed by atoms with Crippen LogP contribution in [-0.2, 0) is 6.54 Å². The van der Waals surface area contributed by atoms with Gasteiger partial charge in [-0.1, -0.05) is 35.9 Å². The number of pyridine rings is 1. The molecule has 1 N–H and O–H groups in total. The zero-order valence-electron chi connectivity index (χ0n) is 15.4. The highest BCUT2D eigenvalue weighted by Crippen LogP contribution is 2.31. The minimum atomic E-state index is -0.302. The van der Waals surface area contributed by atoms with Crippen LogP contribution in [0, 0.1) is 6.92 Å². The minimum Gasteiger partial charge on any atom is -0.341 e. The molecule has 0 bridgehead atoms. The fourth-order valence-corrected chi connectivity index (χ4v) is 3.88. The van der Waals surface area contributed by atoms with Gasteiger partial charge in [0.2, 0.25) is 0 Å². The summed E-state index contributed by atoms with van der Waals surface area (Å²) in [6.07, 6.45) is 1.69. The third-order valence-electron chi connectivity index (χ3n) is 5.04. The molecule has 0 unspecified atom stereocenters. The average Bonchev–Trinajstić information content (AvgIpc) is 3.25. The second kappa shape index (κ2) is 6.53. The SMILES string of the molecule is Cc1ncc(-c2nc3c(Cl)cccc3cc2CN2C(=O)c3ccccc3C2=O)[nH]1. The Hall–Kier alpha value is -3.51. The van der Waals surface area contributed by atoms with Crippen molar-refractivity contribution in [3.05, 3.63) is 82.3 Å². The average molecular weight is 403 g/mol. The third kappa shape index (κ3) is 2.80. The first-order valence-corrected chi connectivity index (χ1v) is 9.46. The predicted octanol–water partition coefficient (Wildman–Crippen LogP) is 4.38. The topological polar surface area (TPSA) is 79.0 Å². The predicted molar refractivity (Wildman–Crippen MR) is 110 cm³/mol. The molecule has 0 saturated heterocycles. The number of imidazole rings is 1. The number of nitrogens with zero attached hydrogens (tertiary/aromatic N) is 3. The molecule has 0 fully saturated rings. The summed E-state index contributed by atoms with van der Waals surface area (Å²) in [5.74, 6) is 0.139. The van der Waals surface area contributed by atoms with Gasteiger partial charge in [0, 0.05) is 10.9 Å². The molecule has 1 aliphatic rings. The Labute approximate surface area is 171 Å². The molecule has 2 amide bonds. The number of rotatable bonds is 3. The number of benzene rings is 2. The molecule has 3 heterocycles. The maximum atomic E-state index is 12.8. The largest absolute Gasteiger partial charge is 0.341 e. The Balaban J connectivity index is 1.65. The summed E-state index contributed by atoms with van der Waals surface area (Å²) in [7, 11) is 0. The molecule has 6 nitrogen and oxygen atoms in total. The lowest BCUT2D eigenvalue weighted by molar-refractivity contribution is 0.0642. The standard InChI is InChI=1S/C22H15ClN4O2/c1-12-24-10-18(25-12)20-14(9-13-5-4-8-17(23)19(13)26-20)11-27-21(28)15-6-2-3-7-16(15)22(27)29/h2-10H,11H2,1H3,(H,24,25). The van der Waals surface area contributed by atoms with Crippen LogP contribution in [-0.4, -0.2) is 31.7 Å². The molecule has 0 radical (unpaired) electrons. The zero-order valence-corrected chi connectivity index (χ0v) is 16.2. The van der Waals surface area contributed by atoms with Gasteiger partial charge in [-0.3, -0.25) is 14.5 Å². The Bertz CT molecular complexity index is 1280. The number of halogens is 1. The van der Waals surface area contributed by atoms with Gasteiger partial charge in [-0.05, 0) is 31.2 Å². The summed E-state index contributed by atoms with van der Waals surface area (Å²) in [6, 6.07) is 14.3. The van der Waals surface area contributed by atoms with Gasteiger partial charge in [-0.2, -0.15) is 0 Å². The van der Waals surface area contributed by atoms with Crippen molar-refractivity contribution in [1.82, 2.24) is 19.9 Å². The number of fused-ring (bicyclic) bond motifs is 2. The molecule has 142 valence electrons. The van der Waals surface area contributed by atoms with Gasteiger partial charge in [0.25, 0.3) is 11.8 Å². The Morgan fingerprint density at radius 1 is 1.03 bits per heavy atom. The van der Waals surface area contributed by atoms with Crippen molar-refractivity contribution >= 4 is 34.3 Å². The number of carbonyl (C=O) groups is 2. The van der Waals surface area contributed by atoms with Crippen molar-refractivity contribution in [2.45, 2.75) is 13.5 Å². The van der Waals surface area contributed by atoms with E-state index in [-0.39, 0.29) is 18.4 Å². The number of para-hydroxylation sites is 1. The van der Waals surface area contributed by atoms with E-state index in [1.165, 1.54) is 4.90 Å². The molecule has 0 saturated carbocycles. The van der Waals surface area contributed by atoms with Gasteiger partial charge in [-0.25, -0.2) is 9.97 Å². The number of carbonyl (C=O) groups excluding carboxylic acids is 2. The van der Waals surface area contributed by atoms with E-state index in [9.17, 15) is 9.59 Å². The number of aromatic nitrogens is 3. The van der Waals surface area contributed by atoms with Gasteiger partial charge < -0.3 is 4.98 Å². The lowest BCUT2D eigenvalue weighted by Crippen LogP contribution is -2.29. The van der Waals surface area contributed by atoms with Gasteiger partial charge in [0.05, 0.1) is 45.8 Å². The van der Waals surface area contributed by atoms with Gasteiger partial charge in [-0.15, -0.1) is 0 Å². The van der Waals surface area contributed by atoms with E-state index in [4.69, 9.17) is 16.6 Å². The van der Waals surface area contributed by atoms with Gasteiger partial charge in [0.15, 0.2) is 0 Å². The number of aromatic amines is 1. The highest BCUT2D eigenvalue weighted by Gasteiger charge is 2.35. The Morgan fingerprint density at radius 3 is 2.41 bits per heavy atom. The number of amides is 2. The second-order valence-electron chi connectivity index (χ2n) is 6.93. The quantitative estimate of drug-likeness (QED) is 0.516. The monoisotopic (exact) mass is 402 g/mol. The minimum absolute atomic E-state index is 0.106. The fourth-order valence-electron chi connectivity index (χ4n) is 3.65. The van der Waals surface area contributed by atoms with Crippen molar-refractivity contribution in [1.29, 1.82) is 0 Å². The van der Waals surface area contributed by atoms with Crippen molar-refractivity contribution < 1.29 is 9.59 Å². The first-order chi connectivity index (χ1) is 14.0. The van der Waals surface area contributed by atoms with Crippen LogP contribution in [0.1, 0.15) is 32.1 Å². The fraction of sp³-hybridized carbons (Fsp3) is 0.0909. The summed E-state index contributed by atoms with van der Waals surface area (Å²) >= 11 is 6.34. The van der Waals surface area contributed by atoms with E-state index in [2.05, 4.69) is 9.97 Å². The van der Waals surface area contributed by atoms with Crippen LogP contribution in [0.15, 0.2) is 54.7 Å². The molecule has 1 aliphatic heterocycles. The van der Waals surface area contributed by atoms with Crippen molar-refractivity contribution in [3.8, 4) is 11.4 Å². The number of H-pyrrole nitrogens is 1. The first-order valence-electron chi connectivity index (χ1n) is 9.08. The van der Waals surface area contributed by atoms with Gasteiger partial charge in [0.1, 0.15) is 5.82 Å². The molecule has 0 aliphatic carbocycles. The van der Waals surface area contributed by atoms with Crippen LogP contribution in [0.5, 0.6) is 0 Å². The van der Waals surface area contributed by atoms with Crippen molar-refractivity contribution in [2.24, 2.45) is 0 Å². The summed E-state index contributed by atoms with van der Waals surface area (Å²) in [6.45, 7) is 1.95. The highest BCUT2D eigenvalue weighted by atomic mass is 35.5. The number of hydrogen-bond donors (Lipinski definition) is 1. The lowest BCUT2D eigenvalue weighted by atomic mass is 10.1. The number of hydrogen-bond acceptors (Lipinski definition) is 4. The lowest BCUT2D eigenvalue weighted by Gasteiger charge is -2.17. The van der Waals surface area contributed by atoms with E-state index in [1.807, 2.05) is 25.1 Å². The Kier molecular flexibility index (Phi) is 3.96. The van der Waals surface area contributed by atoms with Crippen LogP contribution >= 0.6 is 11.6 Å². The van der Waals surface area contributed by atoms with Crippen LogP contribution < -0.4 is 0 Å². The zero-order chi connectivity index (χ0) is 20.1. The molecule has 7 heteroatoms. The third-order valence-corrected chi connectivity index (χ3v) is 5.35. The van der Waals surface area contributed by atoms with Crippen LogP contribution in [0.4, 0.5) is 0 Å². The summed E-state index contributed by atoms with van der Waals surface area (Å²) in [4.78, 5) is 39.1. The van der Waals surface area contributed by atoms with Gasteiger partial charge >= 0.3 is 0 Å². The molecule has 4 aromatic rings. The molecule has 2 aromatic carbocycles. The summed E-state index contributed by atoms with van der Waals surface area (Å²) < 4.78 is 0. The summed E-state index contributed by atoms with van der Waals surface area (Å²) in [5.41, 5.74) is 3.56. The maximum Gasteiger partial charge on any atom is 0.261 e. The van der Waals surface area contributed by atoms with E-state index in [0.717, 1.165) is 16.8 Å². The molecular formula is C22H15ClN4O2. The molecule has 5 rings (SSSR count). The van der Waals surface area contributed by atoms with E-state index >= 15 is 0 Å². The molecule has 0 spiro atoms. The second-order valence-corrected chi connectivity index (χ2v) is 7.34. The number of nitrogens with one attached hydrogen (secondary N) is 1. The molecule has 29 heavy (non-hydrogen) atoms. The molecule has 0 atom stereocenters. The van der Waals surface area contributed by atoms with E-state index in [0.29, 0.717) is 33.1 Å². The normalized spacial score (nSPS) is 13.4. The number of imide groups is 1. The number of aryl methyl sites for hydroxylation is 1. The first kappa shape index (κ1) is 17.6. The van der Waals surface area contributed by atoms with Crippen LogP contribution in [0.2, 0.25) is 5.02 Å². The molecular weight excluding hydrogens is 388 g/mol. The molecule has 2 aromatic heterocycles. The highest BCUT2D eigenvalue weighted by molar-refractivity contribution is 6.35. The van der Waals surface area contributed by atoms with Crippen LogP contribution in [0.25, 0.3) is 22.3 Å². The smallest absolute Gasteiger partial charge is 0.261 e. The van der Waals surface area contributed by atoms with Crippen molar-refractivity contribution in [3.63, 3.8) is 0 Å². The summed E-state index contributed by atoms with van der Waals surface area (Å²) in [5, 5.41) is 1.37. The van der Waals surface area contributed by atoms with Crippen molar-refractivity contribution in [2.75, 3.05) is 0 Å². The maximum absolute atomic E-state index is 12.8. The van der Waals surface area contributed by atoms with Crippen LogP contribution in [0.3, 0.4) is 0 Å². The Morgan fingerprint density at radius 2 is 1.76 bits per heavy atom.